The summed E-state index contributed by atoms with van der Waals surface area (Å²) in [5.74, 6) is -0.402. The number of hydrogen-bond acceptors (Lipinski definition) is 3. The molecule has 1 aliphatic rings. The Hall–Kier alpha value is -0.380. The normalized spacial score (nSPS) is 21.4. The van der Waals surface area contributed by atoms with Gasteiger partial charge in [0, 0.05) is 12.8 Å². The van der Waals surface area contributed by atoms with Gasteiger partial charge in [-0.05, 0) is 0 Å². The van der Waals surface area contributed by atoms with Gasteiger partial charge in [0.15, 0.2) is 5.79 Å². The van der Waals surface area contributed by atoms with Crippen LogP contribution in [0.25, 0.3) is 0 Å². The monoisotopic (exact) mass is 186 g/mol. The third-order valence-corrected chi connectivity index (χ3v) is 2.15. The predicted octanol–water partition coefficient (Wildman–Crippen LogP) is 1.47. The molecule has 1 aliphatic heterocycles. The van der Waals surface area contributed by atoms with Crippen molar-refractivity contribution in [2.75, 3.05) is 19.8 Å². The van der Waals surface area contributed by atoms with E-state index in [0.717, 1.165) is 19.3 Å². The molecule has 76 valence electrons. The molecular weight excluding hydrogens is 168 g/mol. The van der Waals surface area contributed by atoms with E-state index in [0.29, 0.717) is 13.2 Å². The molecule has 0 aromatic rings. The van der Waals surface area contributed by atoms with Crippen LogP contribution in [0.5, 0.6) is 0 Å². The molecule has 1 saturated heterocycles. The number of aliphatic hydroxyl groups excluding tert-OH is 1. The third-order valence-electron chi connectivity index (χ3n) is 2.15. The lowest BCUT2D eigenvalue weighted by Gasteiger charge is -2.25. The zero-order valence-electron chi connectivity index (χ0n) is 8.16. The molecule has 0 aliphatic carbocycles. The Morgan fingerprint density at radius 1 is 1.31 bits per heavy atom. The van der Waals surface area contributed by atoms with Crippen LogP contribution in [0.3, 0.4) is 0 Å². The molecule has 0 saturated carbocycles. The molecule has 1 N–H and O–H groups in total. The third kappa shape index (κ3) is 3.10. The summed E-state index contributed by atoms with van der Waals surface area (Å²) < 4.78 is 11.1. The molecule has 3 nitrogen and oxygen atoms in total. The second kappa shape index (κ2) is 5.37. The zero-order chi connectivity index (χ0) is 9.57. The molecule has 0 atom stereocenters. The minimum atomic E-state index is -0.402. The highest BCUT2D eigenvalue weighted by Gasteiger charge is 2.33. The fraction of sp³-hybridized carbons (Fsp3) is 0.800. The summed E-state index contributed by atoms with van der Waals surface area (Å²) in [6, 6.07) is 0. The number of rotatable bonds is 5. The molecule has 1 rings (SSSR count). The van der Waals surface area contributed by atoms with Crippen molar-refractivity contribution in [3.05, 3.63) is 12.2 Å². The van der Waals surface area contributed by atoms with Crippen LogP contribution < -0.4 is 0 Å². The molecule has 1 fully saturated rings. The first-order valence-corrected chi connectivity index (χ1v) is 4.87. The zero-order valence-corrected chi connectivity index (χ0v) is 8.16. The lowest BCUT2D eigenvalue weighted by atomic mass is 10.1. The molecule has 0 spiro atoms. The summed E-state index contributed by atoms with van der Waals surface area (Å²) in [6.07, 6.45) is 6.35. The van der Waals surface area contributed by atoms with Gasteiger partial charge in [0.25, 0.3) is 0 Å². The van der Waals surface area contributed by atoms with Crippen LogP contribution >= 0.6 is 0 Å². The fourth-order valence-electron chi connectivity index (χ4n) is 1.58. The summed E-state index contributed by atoms with van der Waals surface area (Å²) in [7, 11) is 0. The van der Waals surface area contributed by atoms with Crippen molar-refractivity contribution in [1.82, 2.24) is 0 Å². The Kier molecular flexibility index (Phi) is 4.42. The molecule has 0 bridgehead atoms. The molecule has 0 amide bonds. The first-order chi connectivity index (χ1) is 6.33. The van der Waals surface area contributed by atoms with E-state index >= 15 is 0 Å². The van der Waals surface area contributed by atoms with Crippen molar-refractivity contribution in [2.24, 2.45) is 0 Å². The van der Waals surface area contributed by atoms with E-state index < -0.39 is 5.79 Å². The highest BCUT2D eigenvalue weighted by Crippen LogP contribution is 2.28. The Morgan fingerprint density at radius 2 is 2.00 bits per heavy atom. The van der Waals surface area contributed by atoms with Crippen LogP contribution in [0.2, 0.25) is 0 Å². The maximum absolute atomic E-state index is 8.59. The van der Waals surface area contributed by atoms with Gasteiger partial charge in [0.1, 0.15) is 0 Å². The van der Waals surface area contributed by atoms with Crippen LogP contribution in [0, 0.1) is 0 Å². The first-order valence-electron chi connectivity index (χ1n) is 4.87. The summed E-state index contributed by atoms with van der Waals surface area (Å²) in [5, 5.41) is 8.59. The lowest BCUT2D eigenvalue weighted by molar-refractivity contribution is -0.159. The molecule has 0 radical (unpaired) electrons. The van der Waals surface area contributed by atoms with Crippen molar-refractivity contribution < 1.29 is 14.6 Å². The van der Waals surface area contributed by atoms with E-state index in [4.69, 9.17) is 14.6 Å². The van der Waals surface area contributed by atoms with E-state index in [1.54, 1.807) is 6.08 Å². The predicted molar refractivity (Wildman–Crippen MR) is 50.4 cm³/mol. The Labute approximate surface area is 79.3 Å². The van der Waals surface area contributed by atoms with Gasteiger partial charge >= 0.3 is 0 Å². The van der Waals surface area contributed by atoms with Crippen molar-refractivity contribution in [1.29, 1.82) is 0 Å². The second-order valence-electron chi connectivity index (χ2n) is 3.22. The maximum atomic E-state index is 8.59. The van der Waals surface area contributed by atoms with E-state index in [9.17, 15) is 0 Å². The Balaban J connectivity index is 2.41. The largest absolute Gasteiger partial charge is 0.392 e. The summed E-state index contributed by atoms with van der Waals surface area (Å²) in [4.78, 5) is 0. The van der Waals surface area contributed by atoms with Gasteiger partial charge in [-0.15, -0.1) is 0 Å². The Bertz CT molecular complexity index is 160. The van der Waals surface area contributed by atoms with E-state index in [1.807, 2.05) is 6.08 Å². The smallest absolute Gasteiger partial charge is 0.171 e. The summed E-state index contributed by atoms with van der Waals surface area (Å²) >= 11 is 0. The average molecular weight is 186 g/mol. The van der Waals surface area contributed by atoms with Gasteiger partial charge in [0.2, 0.25) is 0 Å². The molecule has 3 heteroatoms. The van der Waals surface area contributed by atoms with Gasteiger partial charge in [-0.3, -0.25) is 0 Å². The SMILES string of the molecule is CCCC1(C/C=C/CO)OCCO1. The van der Waals surface area contributed by atoms with Crippen LogP contribution in [0.15, 0.2) is 12.2 Å². The fourth-order valence-corrected chi connectivity index (χ4v) is 1.58. The van der Waals surface area contributed by atoms with Crippen LogP contribution in [-0.4, -0.2) is 30.7 Å². The summed E-state index contributed by atoms with van der Waals surface area (Å²) in [6.45, 7) is 3.57. The molecule has 0 aromatic heterocycles. The van der Waals surface area contributed by atoms with Crippen LogP contribution in [-0.2, 0) is 9.47 Å². The number of hydrogen-bond donors (Lipinski definition) is 1. The molecule has 0 unspecified atom stereocenters. The number of ether oxygens (including phenoxy) is 2. The van der Waals surface area contributed by atoms with Crippen molar-refractivity contribution in [3.8, 4) is 0 Å². The van der Waals surface area contributed by atoms with Crippen LogP contribution in [0.1, 0.15) is 26.2 Å². The number of aliphatic hydroxyl groups is 1. The van der Waals surface area contributed by atoms with E-state index in [-0.39, 0.29) is 6.61 Å². The minimum absolute atomic E-state index is 0.0855. The van der Waals surface area contributed by atoms with E-state index in [1.165, 1.54) is 0 Å². The van der Waals surface area contributed by atoms with Crippen molar-refractivity contribution >= 4 is 0 Å². The van der Waals surface area contributed by atoms with Gasteiger partial charge in [-0.1, -0.05) is 25.5 Å². The van der Waals surface area contributed by atoms with Crippen molar-refractivity contribution in [3.63, 3.8) is 0 Å². The van der Waals surface area contributed by atoms with Gasteiger partial charge < -0.3 is 14.6 Å². The van der Waals surface area contributed by atoms with Gasteiger partial charge in [-0.25, -0.2) is 0 Å². The topological polar surface area (TPSA) is 38.7 Å². The Morgan fingerprint density at radius 3 is 2.54 bits per heavy atom. The highest BCUT2D eigenvalue weighted by molar-refractivity contribution is 4.89. The van der Waals surface area contributed by atoms with Gasteiger partial charge in [-0.2, -0.15) is 0 Å². The minimum Gasteiger partial charge on any atom is -0.392 e. The first kappa shape index (κ1) is 10.7. The summed E-state index contributed by atoms with van der Waals surface area (Å²) in [5.41, 5.74) is 0. The standard InChI is InChI=1S/C10H18O3/c1-2-5-10(6-3-4-7-11)12-8-9-13-10/h3-4,11H,2,5-9H2,1H3/b4-3+. The molecule has 0 aromatic carbocycles. The van der Waals surface area contributed by atoms with E-state index in [2.05, 4.69) is 6.92 Å². The average Bonchev–Trinajstić information content (AvgIpc) is 2.55. The molecular formula is C10H18O3. The lowest BCUT2D eigenvalue weighted by Crippen LogP contribution is -2.28. The molecule has 13 heavy (non-hydrogen) atoms. The van der Waals surface area contributed by atoms with Gasteiger partial charge in [0.05, 0.1) is 19.8 Å². The quantitative estimate of drug-likeness (QED) is 0.661. The van der Waals surface area contributed by atoms with Crippen molar-refractivity contribution in [2.45, 2.75) is 32.0 Å². The van der Waals surface area contributed by atoms with Crippen LogP contribution in [0.4, 0.5) is 0 Å². The highest BCUT2D eigenvalue weighted by atomic mass is 16.7. The maximum Gasteiger partial charge on any atom is 0.171 e. The molecule has 1 heterocycles. The second-order valence-corrected chi connectivity index (χ2v) is 3.22.